The van der Waals surface area contributed by atoms with Crippen molar-refractivity contribution >= 4 is 17.7 Å². The first-order chi connectivity index (χ1) is 19.0. The van der Waals surface area contributed by atoms with Gasteiger partial charge in [0.25, 0.3) is 0 Å². The first kappa shape index (κ1) is 25.9. The molecule has 1 heterocycles. The minimum atomic E-state index is -1.07. The van der Waals surface area contributed by atoms with Crippen molar-refractivity contribution in [3.8, 4) is 28.0 Å². The number of nitrogens with zero attached hydrogens (tertiary/aromatic N) is 1. The van der Waals surface area contributed by atoms with Crippen LogP contribution < -0.4 is 10.1 Å². The number of carbonyl (C=O) groups is 2. The number of benzene rings is 3. The lowest BCUT2D eigenvalue weighted by Crippen LogP contribution is -2.14. The Balaban J connectivity index is 1.47. The van der Waals surface area contributed by atoms with E-state index in [1.807, 2.05) is 67.6 Å². The average Bonchev–Trinajstić information content (AvgIpc) is 3.32. The second kappa shape index (κ2) is 11.4. The topological polar surface area (TPSA) is 107 Å². The predicted molar refractivity (Wildman–Crippen MR) is 147 cm³/mol. The minimum Gasteiger partial charge on any atom is -0.491 e. The number of fused-ring (bicyclic) bond motifs is 3. The number of aromatic nitrogens is 1. The maximum absolute atomic E-state index is 12.6. The van der Waals surface area contributed by atoms with Crippen LogP contribution in [0.3, 0.4) is 0 Å². The van der Waals surface area contributed by atoms with Gasteiger partial charge in [0.1, 0.15) is 19.0 Å². The van der Waals surface area contributed by atoms with E-state index in [4.69, 9.17) is 14.2 Å². The van der Waals surface area contributed by atoms with Crippen molar-refractivity contribution in [3.05, 3.63) is 101 Å². The number of methoxy groups -OCH3 is 1. The van der Waals surface area contributed by atoms with Gasteiger partial charge in [0.05, 0.1) is 6.61 Å². The van der Waals surface area contributed by atoms with Crippen molar-refractivity contribution in [2.75, 3.05) is 25.6 Å². The number of hydrogen-bond acceptors (Lipinski definition) is 6. The van der Waals surface area contributed by atoms with Crippen LogP contribution in [0.15, 0.2) is 72.9 Å². The number of carboxylic acid groups (broad SMARTS) is 1. The van der Waals surface area contributed by atoms with Crippen molar-refractivity contribution in [1.82, 2.24) is 4.98 Å². The van der Waals surface area contributed by atoms with Crippen LogP contribution in [0.25, 0.3) is 22.3 Å². The zero-order chi connectivity index (χ0) is 27.4. The molecule has 198 valence electrons. The van der Waals surface area contributed by atoms with Crippen LogP contribution in [0.5, 0.6) is 5.75 Å². The number of anilines is 1. The first-order valence-corrected chi connectivity index (χ1v) is 12.5. The van der Waals surface area contributed by atoms with E-state index in [-0.39, 0.29) is 12.3 Å². The van der Waals surface area contributed by atoms with E-state index in [1.165, 1.54) is 0 Å². The Morgan fingerprint density at radius 2 is 1.79 bits per heavy atom. The molecule has 1 aliphatic carbocycles. The van der Waals surface area contributed by atoms with Crippen LogP contribution >= 0.6 is 0 Å². The summed E-state index contributed by atoms with van der Waals surface area (Å²) in [6.45, 7) is 2.95. The quantitative estimate of drug-likeness (QED) is 0.224. The maximum Gasteiger partial charge on any atom is 0.411 e. The highest BCUT2D eigenvalue weighted by Crippen LogP contribution is 2.46. The third-order valence-corrected chi connectivity index (χ3v) is 6.73. The summed E-state index contributed by atoms with van der Waals surface area (Å²) in [7, 11) is 1.62. The molecule has 0 unspecified atom stereocenters. The summed E-state index contributed by atoms with van der Waals surface area (Å²) >= 11 is 0. The van der Waals surface area contributed by atoms with E-state index < -0.39 is 12.1 Å². The second-order valence-electron chi connectivity index (χ2n) is 9.18. The summed E-state index contributed by atoms with van der Waals surface area (Å²) in [6, 6.07) is 20.8. The van der Waals surface area contributed by atoms with Crippen molar-refractivity contribution < 1.29 is 28.9 Å². The van der Waals surface area contributed by atoms with Gasteiger partial charge in [0.2, 0.25) is 0 Å². The van der Waals surface area contributed by atoms with Crippen molar-refractivity contribution in [2.45, 2.75) is 20.0 Å². The fourth-order valence-electron chi connectivity index (χ4n) is 4.84. The summed E-state index contributed by atoms with van der Waals surface area (Å²) < 4.78 is 16.2. The second-order valence-corrected chi connectivity index (χ2v) is 9.18. The number of carboxylic acids is 1. The maximum atomic E-state index is 12.6. The molecule has 39 heavy (non-hydrogen) atoms. The van der Waals surface area contributed by atoms with E-state index in [1.54, 1.807) is 19.4 Å². The summed E-state index contributed by atoms with van der Waals surface area (Å²) in [5.41, 5.74) is 7.35. The highest BCUT2D eigenvalue weighted by atomic mass is 16.5. The van der Waals surface area contributed by atoms with Gasteiger partial charge in [-0.25, -0.2) is 14.6 Å². The van der Waals surface area contributed by atoms with E-state index in [9.17, 15) is 14.7 Å². The van der Waals surface area contributed by atoms with E-state index in [0.717, 1.165) is 38.9 Å². The molecule has 1 aliphatic rings. The van der Waals surface area contributed by atoms with Crippen molar-refractivity contribution in [1.29, 1.82) is 0 Å². The molecule has 0 atom stereocenters. The fourth-order valence-corrected chi connectivity index (χ4v) is 4.84. The molecule has 8 heteroatoms. The van der Waals surface area contributed by atoms with E-state index >= 15 is 0 Å². The van der Waals surface area contributed by atoms with Crippen LogP contribution in [0, 0.1) is 6.92 Å². The molecule has 0 radical (unpaired) electrons. The molecule has 0 spiro atoms. The number of ether oxygens (including phenoxy) is 3. The Morgan fingerprint density at radius 1 is 0.974 bits per heavy atom. The monoisotopic (exact) mass is 524 g/mol. The van der Waals surface area contributed by atoms with Gasteiger partial charge in [-0.3, -0.25) is 5.32 Å². The Bertz CT molecular complexity index is 1530. The molecule has 1 amide bonds. The standard InChI is InChI=1S/C31H28N2O6/c1-19-23(9-6-10-27(19)33-31(36)39-18-20-7-4-3-5-8-20)26-17-32-29(30(34)35)25-16-21-15-22(38-14-13-37-2)11-12-24(21)28(25)26/h3-12,15,17H,13-14,16,18H2,1-2H3,(H,33,36)(H,34,35). The Labute approximate surface area is 226 Å². The summed E-state index contributed by atoms with van der Waals surface area (Å²) in [5, 5.41) is 12.7. The van der Waals surface area contributed by atoms with Gasteiger partial charge < -0.3 is 19.3 Å². The summed E-state index contributed by atoms with van der Waals surface area (Å²) in [5.74, 6) is -0.378. The van der Waals surface area contributed by atoms with Gasteiger partial charge in [-0.05, 0) is 64.1 Å². The first-order valence-electron chi connectivity index (χ1n) is 12.5. The van der Waals surface area contributed by atoms with E-state index in [0.29, 0.717) is 36.6 Å². The molecular weight excluding hydrogens is 496 g/mol. The van der Waals surface area contributed by atoms with Gasteiger partial charge in [-0.1, -0.05) is 48.5 Å². The molecule has 4 aromatic rings. The van der Waals surface area contributed by atoms with Gasteiger partial charge in [0.15, 0.2) is 5.69 Å². The lowest BCUT2D eigenvalue weighted by molar-refractivity contribution is 0.0689. The zero-order valence-corrected chi connectivity index (χ0v) is 21.7. The molecule has 8 nitrogen and oxygen atoms in total. The number of rotatable bonds is 9. The molecule has 0 fully saturated rings. The zero-order valence-electron chi connectivity index (χ0n) is 21.7. The highest BCUT2D eigenvalue weighted by molar-refractivity contribution is 5.99. The van der Waals surface area contributed by atoms with E-state index in [2.05, 4.69) is 10.3 Å². The van der Waals surface area contributed by atoms with Gasteiger partial charge >= 0.3 is 12.1 Å². The molecule has 0 saturated carbocycles. The number of amides is 1. The van der Waals surface area contributed by atoms with Gasteiger partial charge in [0, 0.05) is 31.0 Å². The largest absolute Gasteiger partial charge is 0.491 e. The SMILES string of the molecule is COCCOc1ccc2c(c1)Cc1c(C(=O)O)ncc(-c3cccc(NC(=O)OCc4ccccc4)c3C)c1-2. The molecule has 0 bridgehead atoms. The minimum absolute atomic E-state index is 0.0308. The van der Waals surface area contributed by atoms with Crippen LogP contribution in [0.4, 0.5) is 10.5 Å². The highest BCUT2D eigenvalue weighted by Gasteiger charge is 2.29. The fraction of sp³-hybridized carbons (Fsp3) is 0.194. The molecule has 3 aromatic carbocycles. The average molecular weight is 525 g/mol. The van der Waals surface area contributed by atoms with Gasteiger partial charge in [-0.2, -0.15) is 0 Å². The Hall–Kier alpha value is -4.69. The number of carbonyl (C=O) groups excluding carboxylic acids is 1. The molecule has 0 aliphatic heterocycles. The third-order valence-electron chi connectivity index (χ3n) is 6.73. The summed E-state index contributed by atoms with van der Waals surface area (Å²) in [6.07, 6.45) is 1.47. The van der Waals surface area contributed by atoms with Crippen LogP contribution in [0.2, 0.25) is 0 Å². The van der Waals surface area contributed by atoms with Crippen molar-refractivity contribution in [3.63, 3.8) is 0 Å². The molecule has 0 saturated heterocycles. The number of hydrogen-bond donors (Lipinski definition) is 2. The van der Waals surface area contributed by atoms with Crippen molar-refractivity contribution in [2.24, 2.45) is 0 Å². The lowest BCUT2D eigenvalue weighted by atomic mass is 9.92. The molecule has 5 rings (SSSR count). The normalized spacial score (nSPS) is 11.4. The lowest BCUT2D eigenvalue weighted by Gasteiger charge is -2.16. The molecule has 1 aromatic heterocycles. The van der Waals surface area contributed by atoms with Crippen LogP contribution in [0.1, 0.15) is 32.7 Å². The van der Waals surface area contributed by atoms with Crippen LogP contribution in [-0.4, -0.2) is 42.5 Å². The number of pyridine rings is 1. The smallest absolute Gasteiger partial charge is 0.411 e. The molecular formula is C31H28N2O6. The Kier molecular flexibility index (Phi) is 7.56. The predicted octanol–water partition coefficient (Wildman–Crippen LogP) is 6.10. The van der Waals surface area contributed by atoms with Crippen LogP contribution in [-0.2, 0) is 22.5 Å². The third kappa shape index (κ3) is 5.46. The Morgan fingerprint density at radius 3 is 2.56 bits per heavy atom. The summed E-state index contributed by atoms with van der Waals surface area (Å²) in [4.78, 5) is 28.9. The van der Waals surface area contributed by atoms with Gasteiger partial charge in [-0.15, -0.1) is 0 Å². The number of nitrogens with one attached hydrogen (secondary N) is 1. The molecule has 2 N–H and O–H groups in total. The number of aromatic carboxylic acids is 1.